The molecule has 1 fully saturated rings. The van der Waals surface area contributed by atoms with Crippen molar-refractivity contribution in [2.45, 2.75) is 32.6 Å². The zero-order valence-corrected chi connectivity index (χ0v) is 11.3. The van der Waals surface area contributed by atoms with Crippen LogP contribution in [0.15, 0.2) is 24.3 Å². The summed E-state index contributed by atoms with van der Waals surface area (Å²) < 4.78 is 0. The van der Waals surface area contributed by atoms with Gasteiger partial charge in [-0.2, -0.15) is 0 Å². The zero-order valence-electron chi connectivity index (χ0n) is 11.3. The number of carboxylic acids is 1. The maximum atomic E-state index is 12.1. The van der Waals surface area contributed by atoms with Crippen molar-refractivity contribution >= 4 is 17.6 Å². The molecule has 19 heavy (non-hydrogen) atoms. The Kier molecular flexibility index (Phi) is 3.88. The second-order valence-electron chi connectivity index (χ2n) is 5.34. The van der Waals surface area contributed by atoms with Gasteiger partial charge in [-0.1, -0.05) is 26.0 Å². The molecule has 102 valence electrons. The highest BCUT2D eigenvalue weighted by Crippen LogP contribution is 2.33. The largest absolute Gasteiger partial charge is 0.480 e. The molecule has 1 aliphatic carbocycles. The van der Waals surface area contributed by atoms with Gasteiger partial charge in [-0.15, -0.1) is 0 Å². The van der Waals surface area contributed by atoms with Crippen LogP contribution in [0.1, 0.15) is 38.2 Å². The number of hydrogen-bond acceptors (Lipinski definition) is 2. The summed E-state index contributed by atoms with van der Waals surface area (Å²) in [7, 11) is 0. The molecule has 0 heterocycles. The number of anilines is 1. The van der Waals surface area contributed by atoms with Crippen molar-refractivity contribution in [2.75, 3.05) is 11.4 Å². The Balaban J connectivity index is 2.21. The zero-order chi connectivity index (χ0) is 14.0. The summed E-state index contributed by atoms with van der Waals surface area (Å²) >= 11 is 0. The van der Waals surface area contributed by atoms with E-state index in [0.29, 0.717) is 11.6 Å². The SMILES string of the molecule is CC(C)c1ccc(N(CC(=O)O)C(=O)C2CC2)cc1. The highest BCUT2D eigenvalue weighted by molar-refractivity contribution is 5.99. The summed E-state index contributed by atoms with van der Waals surface area (Å²) in [4.78, 5) is 24.4. The van der Waals surface area contributed by atoms with E-state index < -0.39 is 5.97 Å². The number of nitrogens with zero attached hydrogens (tertiary/aromatic N) is 1. The second kappa shape index (κ2) is 5.43. The highest BCUT2D eigenvalue weighted by atomic mass is 16.4. The third-order valence-corrected chi connectivity index (χ3v) is 3.36. The van der Waals surface area contributed by atoms with Gasteiger partial charge in [-0.25, -0.2) is 0 Å². The Morgan fingerprint density at radius 1 is 1.26 bits per heavy atom. The van der Waals surface area contributed by atoms with Gasteiger partial charge in [0.1, 0.15) is 6.54 Å². The quantitative estimate of drug-likeness (QED) is 0.886. The smallest absolute Gasteiger partial charge is 0.323 e. The van der Waals surface area contributed by atoms with Crippen LogP contribution in [0.25, 0.3) is 0 Å². The first kappa shape index (κ1) is 13.6. The summed E-state index contributed by atoms with van der Waals surface area (Å²) in [5, 5.41) is 8.95. The van der Waals surface area contributed by atoms with E-state index in [1.807, 2.05) is 24.3 Å². The first-order valence-electron chi connectivity index (χ1n) is 6.62. The number of carbonyl (C=O) groups is 2. The molecule has 0 aliphatic heterocycles. The van der Waals surface area contributed by atoms with E-state index in [-0.39, 0.29) is 18.4 Å². The lowest BCUT2D eigenvalue weighted by molar-refractivity contribution is -0.136. The number of carboxylic acid groups (broad SMARTS) is 1. The van der Waals surface area contributed by atoms with Crippen molar-refractivity contribution in [2.24, 2.45) is 5.92 Å². The van der Waals surface area contributed by atoms with Crippen molar-refractivity contribution in [3.8, 4) is 0 Å². The van der Waals surface area contributed by atoms with Crippen molar-refractivity contribution in [1.29, 1.82) is 0 Å². The summed E-state index contributed by atoms with van der Waals surface area (Å²) in [6.07, 6.45) is 1.75. The van der Waals surface area contributed by atoms with Crippen LogP contribution in [0.2, 0.25) is 0 Å². The van der Waals surface area contributed by atoms with Crippen LogP contribution in [-0.2, 0) is 9.59 Å². The minimum Gasteiger partial charge on any atom is -0.480 e. The second-order valence-corrected chi connectivity index (χ2v) is 5.34. The van der Waals surface area contributed by atoms with E-state index in [1.165, 1.54) is 10.5 Å². The van der Waals surface area contributed by atoms with Crippen LogP contribution in [-0.4, -0.2) is 23.5 Å². The molecule has 0 atom stereocenters. The minimum atomic E-state index is -0.984. The molecule has 4 heteroatoms. The Labute approximate surface area is 113 Å². The van der Waals surface area contributed by atoms with Gasteiger partial charge < -0.3 is 10.0 Å². The summed E-state index contributed by atoms with van der Waals surface area (Å²) in [5.41, 5.74) is 1.85. The molecule has 1 aromatic rings. The molecule has 0 spiro atoms. The van der Waals surface area contributed by atoms with E-state index in [4.69, 9.17) is 5.11 Å². The maximum absolute atomic E-state index is 12.1. The molecule has 0 unspecified atom stereocenters. The normalized spacial score (nSPS) is 14.5. The van der Waals surface area contributed by atoms with Crippen LogP contribution in [0.4, 0.5) is 5.69 Å². The van der Waals surface area contributed by atoms with Crippen LogP contribution in [0.3, 0.4) is 0 Å². The third kappa shape index (κ3) is 3.34. The predicted molar refractivity (Wildman–Crippen MR) is 73.2 cm³/mol. The molecule has 1 aliphatic rings. The van der Waals surface area contributed by atoms with Crippen LogP contribution in [0, 0.1) is 5.92 Å². The predicted octanol–water partition coefficient (Wildman–Crippen LogP) is 2.64. The number of amides is 1. The van der Waals surface area contributed by atoms with E-state index in [1.54, 1.807) is 0 Å². The monoisotopic (exact) mass is 261 g/mol. The Morgan fingerprint density at radius 3 is 2.26 bits per heavy atom. The standard InChI is InChI=1S/C15H19NO3/c1-10(2)11-5-7-13(8-6-11)16(9-14(17)18)15(19)12-3-4-12/h5-8,10,12H,3-4,9H2,1-2H3,(H,17,18). The number of hydrogen-bond donors (Lipinski definition) is 1. The molecule has 1 N–H and O–H groups in total. The van der Waals surface area contributed by atoms with Crippen molar-refractivity contribution < 1.29 is 14.7 Å². The van der Waals surface area contributed by atoms with E-state index in [2.05, 4.69) is 13.8 Å². The fourth-order valence-electron chi connectivity index (χ4n) is 2.02. The van der Waals surface area contributed by atoms with Gasteiger partial charge in [-0.05, 0) is 36.5 Å². The molecule has 0 bridgehead atoms. The van der Waals surface area contributed by atoms with Gasteiger partial charge in [-0.3, -0.25) is 9.59 Å². The fraction of sp³-hybridized carbons (Fsp3) is 0.467. The molecule has 1 amide bonds. The molecule has 4 nitrogen and oxygen atoms in total. The lowest BCUT2D eigenvalue weighted by atomic mass is 10.0. The van der Waals surface area contributed by atoms with Crippen molar-refractivity contribution in [3.63, 3.8) is 0 Å². The van der Waals surface area contributed by atoms with Gasteiger partial charge in [0.25, 0.3) is 0 Å². The van der Waals surface area contributed by atoms with E-state index >= 15 is 0 Å². The van der Waals surface area contributed by atoms with E-state index in [0.717, 1.165) is 12.8 Å². The van der Waals surface area contributed by atoms with E-state index in [9.17, 15) is 9.59 Å². The summed E-state index contributed by atoms with van der Waals surface area (Å²) in [6, 6.07) is 7.57. The molecule has 2 rings (SSSR count). The lowest BCUT2D eigenvalue weighted by Crippen LogP contribution is -2.36. The number of benzene rings is 1. The van der Waals surface area contributed by atoms with Crippen LogP contribution >= 0.6 is 0 Å². The van der Waals surface area contributed by atoms with Gasteiger partial charge in [0.2, 0.25) is 5.91 Å². The minimum absolute atomic E-state index is 0.0177. The molecular formula is C15H19NO3. The third-order valence-electron chi connectivity index (χ3n) is 3.36. The number of aliphatic carboxylic acids is 1. The van der Waals surface area contributed by atoms with Gasteiger partial charge >= 0.3 is 5.97 Å². The van der Waals surface area contributed by atoms with Crippen molar-refractivity contribution in [3.05, 3.63) is 29.8 Å². The lowest BCUT2D eigenvalue weighted by Gasteiger charge is -2.21. The topological polar surface area (TPSA) is 57.6 Å². The summed E-state index contributed by atoms with van der Waals surface area (Å²) in [5.74, 6) is -0.619. The Morgan fingerprint density at radius 2 is 1.84 bits per heavy atom. The van der Waals surface area contributed by atoms with Gasteiger partial charge in [0.05, 0.1) is 0 Å². The number of rotatable bonds is 5. The summed E-state index contributed by atoms with van der Waals surface area (Å²) in [6.45, 7) is 3.93. The molecule has 0 saturated heterocycles. The van der Waals surface area contributed by atoms with Crippen LogP contribution < -0.4 is 4.90 Å². The Hall–Kier alpha value is -1.84. The van der Waals surface area contributed by atoms with Gasteiger partial charge in [0.15, 0.2) is 0 Å². The first-order valence-corrected chi connectivity index (χ1v) is 6.62. The maximum Gasteiger partial charge on any atom is 0.323 e. The number of carbonyl (C=O) groups excluding carboxylic acids is 1. The average molecular weight is 261 g/mol. The fourth-order valence-corrected chi connectivity index (χ4v) is 2.02. The Bertz CT molecular complexity index is 475. The average Bonchev–Trinajstić information content (AvgIpc) is 3.19. The van der Waals surface area contributed by atoms with Crippen molar-refractivity contribution in [1.82, 2.24) is 0 Å². The molecule has 1 saturated carbocycles. The first-order chi connectivity index (χ1) is 8.99. The molecule has 0 aromatic heterocycles. The molecular weight excluding hydrogens is 242 g/mol. The molecule has 1 aromatic carbocycles. The van der Waals surface area contributed by atoms with Gasteiger partial charge in [0, 0.05) is 11.6 Å². The molecule has 0 radical (unpaired) electrons. The highest BCUT2D eigenvalue weighted by Gasteiger charge is 2.34. The van der Waals surface area contributed by atoms with Crippen LogP contribution in [0.5, 0.6) is 0 Å².